The van der Waals surface area contributed by atoms with Gasteiger partial charge in [-0.05, 0) is 0 Å². The van der Waals surface area contributed by atoms with Crippen LogP contribution in [0.1, 0.15) is 0 Å². The highest BCUT2D eigenvalue weighted by Crippen LogP contribution is 2.19. The molecule has 0 amide bonds. The number of hydrogen-bond acceptors (Lipinski definition) is 10. The molecule has 5 N–H and O–H groups in total. The lowest BCUT2D eigenvalue weighted by molar-refractivity contribution is 0.113. The molecule has 0 bridgehead atoms. The van der Waals surface area contributed by atoms with Crippen LogP contribution in [0.5, 0.6) is 0 Å². The van der Waals surface area contributed by atoms with Crippen molar-refractivity contribution in [2.45, 2.75) is 11.3 Å². The van der Waals surface area contributed by atoms with Gasteiger partial charge in [0.1, 0.15) is 0 Å². The van der Waals surface area contributed by atoms with Crippen molar-refractivity contribution in [1.29, 1.82) is 0 Å². The van der Waals surface area contributed by atoms with Gasteiger partial charge in [0.15, 0.2) is 5.16 Å². The first kappa shape index (κ1) is 15.2. The number of anilines is 2. The van der Waals surface area contributed by atoms with Crippen LogP contribution in [-0.4, -0.2) is 69.9 Å². The van der Waals surface area contributed by atoms with Gasteiger partial charge in [0.2, 0.25) is 11.9 Å². The summed E-state index contributed by atoms with van der Waals surface area (Å²) in [7, 11) is 0. The quantitative estimate of drug-likeness (QED) is 0.278. The summed E-state index contributed by atoms with van der Waals surface area (Å²) < 4.78 is 5.28. The van der Waals surface area contributed by atoms with E-state index in [0.29, 0.717) is 43.2 Å². The van der Waals surface area contributed by atoms with Crippen LogP contribution >= 0.6 is 11.8 Å². The number of ether oxygens (including phenoxy) is 1. The molecule has 2 heterocycles. The van der Waals surface area contributed by atoms with Crippen LogP contribution < -0.4 is 16.2 Å². The minimum atomic E-state index is -0.808. The molecule has 1 aliphatic heterocycles. The zero-order chi connectivity index (χ0) is 14.4. The number of thioether (sulfide) groups is 1. The summed E-state index contributed by atoms with van der Waals surface area (Å²) in [6.07, 6.45) is -0.808. The zero-order valence-corrected chi connectivity index (χ0v) is 11.7. The Morgan fingerprint density at radius 1 is 1.35 bits per heavy atom. The van der Waals surface area contributed by atoms with Gasteiger partial charge in [-0.25, -0.2) is 5.84 Å². The molecular weight excluding hydrogens is 284 g/mol. The summed E-state index contributed by atoms with van der Waals surface area (Å²) in [5.74, 6) is 6.44. The van der Waals surface area contributed by atoms with Crippen LogP contribution in [0.2, 0.25) is 0 Å². The van der Waals surface area contributed by atoms with E-state index < -0.39 is 6.10 Å². The fourth-order valence-corrected chi connectivity index (χ4v) is 2.35. The number of aliphatic hydroxyl groups excluding tert-OH is 2. The average molecular weight is 302 g/mol. The Kier molecular flexibility index (Phi) is 5.73. The molecule has 0 radical (unpaired) electrons. The number of nitrogens with zero attached hydrogens (tertiary/aromatic N) is 4. The SMILES string of the molecule is NNc1nc(SCC(O)CO)nc(N2CCOCC2)n1. The van der Waals surface area contributed by atoms with E-state index in [1.54, 1.807) is 0 Å². The first-order chi connectivity index (χ1) is 9.72. The lowest BCUT2D eigenvalue weighted by Gasteiger charge is -2.26. The molecule has 0 saturated carbocycles. The van der Waals surface area contributed by atoms with Crippen molar-refractivity contribution >= 4 is 23.7 Å². The van der Waals surface area contributed by atoms with Crippen molar-refractivity contribution in [2.24, 2.45) is 5.84 Å². The zero-order valence-electron chi connectivity index (χ0n) is 10.9. The minimum absolute atomic E-state index is 0.266. The Bertz CT molecular complexity index is 431. The first-order valence-corrected chi connectivity index (χ1v) is 7.18. The molecule has 1 unspecified atom stereocenters. The molecule has 1 saturated heterocycles. The van der Waals surface area contributed by atoms with Crippen molar-refractivity contribution in [2.75, 3.05) is 49.0 Å². The van der Waals surface area contributed by atoms with Crippen molar-refractivity contribution in [3.63, 3.8) is 0 Å². The predicted octanol–water partition coefficient (Wildman–Crippen LogP) is -1.56. The largest absolute Gasteiger partial charge is 0.394 e. The van der Waals surface area contributed by atoms with E-state index in [0.717, 1.165) is 0 Å². The number of aliphatic hydroxyl groups is 2. The Morgan fingerprint density at radius 3 is 2.75 bits per heavy atom. The number of nitrogens with two attached hydrogens (primary N) is 1. The molecule has 0 aliphatic carbocycles. The highest BCUT2D eigenvalue weighted by molar-refractivity contribution is 7.99. The van der Waals surface area contributed by atoms with E-state index in [1.807, 2.05) is 4.90 Å². The van der Waals surface area contributed by atoms with Gasteiger partial charge in [0.25, 0.3) is 0 Å². The average Bonchev–Trinajstić information content (AvgIpc) is 2.53. The smallest absolute Gasteiger partial charge is 0.242 e. The molecule has 1 aliphatic rings. The second kappa shape index (κ2) is 7.55. The van der Waals surface area contributed by atoms with Crippen molar-refractivity contribution in [1.82, 2.24) is 15.0 Å². The van der Waals surface area contributed by atoms with E-state index in [4.69, 9.17) is 15.7 Å². The first-order valence-electron chi connectivity index (χ1n) is 6.20. The van der Waals surface area contributed by atoms with Crippen LogP contribution in [-0.2, 0) is 4.74 Å². The van der Waals surface area contributed by atoms with E-state index in [-0.39, 0.29) is 12.6 Å². The van der Waals surface area contributed by atoms with E-state index in [2.05, 4.69) is 20.4 Å². The standard InChI is InChI=1S/C10H18N6O3S/c11-15-8-12-9(16-1-3-19-4-2-16)14-10(13-8)20-6-7(18)5-17/h7,17-18H,1-6,11H2,(H,12,13,14,15). The second-order valence-electron chi connectivity index (χ2n) is 4.13. The van der Waals surface area contributed by atoms with Crippen molar-refractivity contribution in [3.05, 3.63) is 0 Å². The van der Waals surface area contributed by atoms with Gasteiger partial charge in [-0.15, -0.1) is 0 Å². The van der Waals surface area contributed by atoms with E-state index in [9.17, 15) is 5.11 Å². The molecule has 2 rings (SSSR count). The normalized spacial score (nSPS) is 17.1. The van der Waals surface area contributed by atoms with Crippen LogP contribution in [0.4, 0.5) is 11.9 Å². The molecule has 9 nitrogen and oxygen atoms in total. The summed E-state index contributed by atoms with van der Waals surface area (Å²) in [4.78, 5) is 14.6. The number of nitrogen functional groups attached to an aromatic ring is 1. The van der Waals surface area contributed by atoms with Gasteiger partial charge >= 0.3 is 0 Å². The summed E-state index contributed by atoms with van der Waals surface area (Å²) in [6.45, 7) is 2.37. The van der Waals surface area contributed by atoms with Gasteiger partial charge in [-0.3, -0.25) is 5.43 Å². The molecule has 112 valence electrons. The molecular formula is C10H18N6O3S. The Labute approximate surface area is 120 Å². The van der Waals surface area contributed by atoms with Crippen LogP contribution in [0.25, 0.3) is 0 Å². The Morgan fingerprint density at radius 2 is 2.10 bits per heavy atom. The highest BCUT2D eigenvalue weighted by atomic mass is 32.2. The third kappa shape index (κ3) is 4.15. The maximum absolute atomic E-state index is 9.35. The van der Waals surface area contributed by atoms with Crippen molar-refractivity contribution < 1.29 is 14.9 Å². The topological polar surface area (TPSA) is 130 Å². The van der Waals surface area contributed by atoms with Crippen LogP contribution in [0.15, 0.2) is 5.16 Å². The lowest BCUT2D eigenvalue weighted by atomic mass is 10.4. The molecule has 20 heavy (non-hydrogen) atoms. The minimum Gasteiger partial charge on any atom is -0.394 e. The van der Waals surface area contributed by atoms with Gasteiger partial charge in [-0.2, -0.15) is 15.0 Å². The molecule has 1 aromatic rings. The van der Waals surface area contributed by atoms with E-state index >= 15 is 0 Å². The van der Waals surface area contributed by atoms with Gasteiger partial charge in [0.05, 0.1) is 25.9 Å². The second-order valence-corrected chi connectivity index (χ2v) is 5.12. The molecule has 1 atom stereocenters. The van der Waals surface area contributed by atoms with Gasteiger partial charge in [0, 0.05) is 18.8 Å². The lowest BCUT2D eigenvalue weighted by Crippen LogP contribution is -2.37. The maximum atomic E-state index is 9.35. The fraction of sp³-hybridized carbons (Fsp3) is 0.700. The number of aromatic nitrogens is 3. The number of morpholine rings is 1. The van der Waals surface area contributed by atoms with Crippen molar-refractivity contribution in [3.8, 4) is 0 Å². The molecule has 10 heteroatoms. The predicted molar refractivity (Wildman–Crippen MR) is 74.5 cm³/mol. The van der Waals surface area contributed by atoms with Crippen LogP contribution in [0.3, 0.4) is 0 Å². The van der Waals surface area contributed by atoms with Crippen LogP contribution in [0, 0.1) is 0 Å². The molecule has 0 spiro atoms. The molecule has 0 aromatic carbocycles. The number of rotatable bonds is 6. The molecule has 1 aromatic heterocycles. The number of hydrazine groups is 1. The maximum Gasteiger partial charge on any atom is 0.242 e. The van der Waals surface area contributed by atoms with E-state index in [1.165, 1.54) is 11.8 Å². The monoisotopic (exact) mass is 302 g/mol. The summed E-state index contributed by atoms with van der Waals surface area (Å²) in [6, 6.07) is 0. The Hall–Kier alpha value is -1.20. The number of nitrogens with one attached hydrogen (secondary N) is 1. The Balaban J connectivity index is 2.10. The highest BCUT2D eigenvalue weighted by Gasteiger charge is 2.17. The summed E-state index contributed by atoms with van der Waals surface area (Å²) >= 11 is 1.24. The fourth-order valence-electron chi connectivity index (χ4n) is 1.60. The summed E-state index contributed by atoms with van der Waals surface area (Å²) in [5.41, 5.74) is 2.40. The van der Waals surface area contributed by atoms with Gasteiger partial charge < -0.3 is 19.8 Å². The van der Waals surface area contributed by atoms with Gasteiger partial charge in [-0.1, -0.05) is 11.8 Å². The molecule has 1 fully saturated rings. The third-order valence-corrected chi connectivity index (χ3v) is 3.63. The number of hydrogen-bond donors (Lipinski definition) is 4. The summed E-state index contributed by atoms with van der Waals surface area (Å²) in [5, 5.41) is 18.6. The third-order valence-electron chi connectivity index (χ3n) is 2.64.